The van der Waals surface area contributed by atoms with Gasteiger partial charge in [0.15, 0.2) is 0 Å². The predicted molar refractivity (Wildman–Crippen MR) is 147 cm³/mol. The molecule has 186 valence electrons. The van der Waals surface area contributed by atoms with Crippen LogP contribution in [0, 0.1) is 18.8 Å². The lowest BCUT2D eigenvalue weighted by Gasteiger charge is -2.45. The number of benzene rings is 4. The Balaban J connectivity index is 1.25. The van der Waals surface area contributed by atoms with E-state index in [0.29, 0.717) is 22.0 Å². The van der Waals surface area contributed by atoms with Crippen molar-refractivity contribution in [3.63, 3.8) is 0 Å². The maximum atomic E-state index is 14.0. The molecule has 0 unspecified atom stereocenters. The van der Waals surface area contributed by atoms with Gasteiger partial charge >= 0.3 is 0 Å². The van der Waals surface area contributed by atoms with E-state index >= 15 is 0 Å². The minimum absolute atomic E-state index is 0.170. The first-order valence-electron chi connectivity index (χ1n) is 12.7. The predicted octanol–water partition coefficient (Wildman–Crippen LogP) is 6.30. The molecule has 0 saturated carbocycles. The number of carbonyl (C=O) groups excluding carboxylic acids is 3. The van der Waals surface area contributed by atoms with Gasteiger partial charge in [0.2, 0.25) is 11.8 Å². The largest absolute Gasteiger partial charge is 0.322 e. The normalized spacial score (nSPS) is 22.6. The van der Waals surface area contributed by atoms with Crippen molar-refractivity contribution in [1.82, 2.24) is 0 Å². The highest BCUT2D eigenvalue weighted by Gasteiger charge is 2.61. The van der Waals surface area contributed by atoms with E-state index in [-0.39, 0.29) is 29.6 Å². The van der Waals surface area contributed by atoms with Crippen molar-refractivity contribution in [2.45, 2.75) is 18.8 Å². The summed E-state index contributed by atoms with van der Waals surface area (Å²) in [4.78, 5) is 42.3. The Morgan fingerprint density at radius 3 is 1.82 bits per heavy atom. The van der Waals surface area contributed by atoms with Gasteiger partial charge in [0.1, 0.15) is 0 Å². The van der Waals surface area contributed by atoms with Gasteiger partial charge in [-0.05, 0) is 65.1 Å². The zero-order valence-electron chi connectivity index (χ0n) is 20.5. The van der Waals surface area contributed by atoms with E-state index in [0.717, 1.165) is 27.8 Å². The van der Waals surface area contributed by atoms with Gasteiger partial charge in [0.05, 0.1) is 17.5 Å². The van der Waals surface area contributed by atoms with Gasteiger partial charge in [-0.25, -0.2) is 4.90 Å². The molecule has 1 fully saturated rings. The summed E-state index contributed by atoms with van der Waals surface area (Å²) < 4.78 is 0. The van der Waals surface area contributed by atoms with Crippen LogP contribution in [0.25, 0.3) is 0 Å². The van der Waals surface area contributed by atoms with Crippen molar-refractivity contribution >= 4 is 40.7 Å². The topological polar surface area (TPSA) is 66.5 Å². The fraction of sp³-hybridized carbons (Fsp3) is 0.156. The van der Waals surface area contributed by atoms with Crippen LogP contribution in [0.3, 0.4) is 0 Å². The first kappa shape index (κ1) is 22.9. The van der Waals surface area contributed by atoms with Crippen molar-refractivity contribution in [3.05, 3.63) is 129 Å². The zero-order chi connectivity index (χ0) is 26.1. The number of nitrogens with zero attached hydrogens (tertiary/aromatic N) is 1. The Hall–Kier alpha value is -4.22. The number of halogens is 1. The molecule has 2 atom stereocenters. The molecular weight excluding hydrogens is 496 g/mol. The van der Waals surface area contributed by atoms with Crippen LogP contribution in [0.1, 0.15) is 50.0 Å². The Morgan fingerprint density at radius 1 is 0.737 bits per heavy atom. The Labute approximate surface area is 225 Å². The van der Waals surface area contributed by atoms with Crippen molar-refractivity contribution in [2.75, 3.05) is 10.2 Å². The van der Waals surface area contributed by atoms with E-state index in [2.05, 4.69) is 29.6 Å². The molecule has 6 heteroatoms. The quantitative estimate of drug-likeness (QED) is 0.324. The van der Waals surface area contributed by atoms with Crippen LogP contribution in [-0.4, -0.2) is 17.7 Å². The Bertz CT molecular complexity index is 1560. The molecular formula is C32H23ClN2O3. The molecule has 1 aliphatic heterocycles. The molecule has 4 aliphatic rings. The van der Waals surface area contributed by atoms with Crippen LogP contribution in [0.2, 0.25) is 5.02 Å². The monoisotopic (exact) mass is 518 g/mol. The van der Waals surface area contributed by atoms with Crippen molar-refractivity contribution < 1.29 is 14.4 Å². The summed E-state index contributed by atoms with van der Waals surface area (Å²) >= 11 is 6.21. The molecule has 38 heavy (non-hydrogen) atoms. The van der Waals surface area contributed by atoms with Crippen LogP contribution >= 0.6 is 11.6 Å². The first-order valence-corrected chi connectivity index (χ1v) is 13.0. The lowest BCUT2D eigenvalue weighted by Crippen LogP contribution is -2.41. The fourth-order valence-electron chi connectivity index (χ4n) is 6.59. The SMILES string of the molecule is Cc1ccc(NC(=O)c2cccc(N3C(=O)[C@H]4C5c6ccccc6C(c6ccccc65)[C@@H]4C3=O)c2)cc1Cl. The van der Waals surface area contributed by atoms with Crippen molar-refractivity contribution in [3.8, 4) is 0 Å². The summed E-state index contributed by atoms with van der Waals surface area (Å²) in [6.45, 7) is 1.89. The van der Waals surface area contributed by atoms with Gasteiger partial charge in [0.25, 0.3) is 5.91 Å². The van der Waals surface area contributed by atoms with Gasteiger partial charge in [0, 0.05) is 28.1 Å². The summed E-state index contributed by atoms with van der Waals surface area (Å²) in [6, 6.07) is 28.4. The number of imide groups is 1. The third-order valence-electron chi connectivity index (χ3n) is 8.24. The fourth-order valence-corrected chi connectivity index (χ4v) is 6.77. The number of rotatable bonds is 3. The number of aryl methyl sites for hydroxylation is 1. The van der Waals surface area contributed by atoms with Crippen molar-refractivity contribution in [1.29, 1.82) is 0 Å². The molecule has 1 N–H and O–H groups in total. The summed E-state index contributed by atoms with van der Waals surface area (Å²) in [5, 5.41) is 3.41. The molecule has 0 radical (unpaired) electrons. The zero-order valence-corrected chi connectivity index (χ0v) is 21.3. The number of hydrogen-bond donors (Lipinski definition) is 1. The van der Waals surface area contributed by atoms with Gasteiger partial charge in [-0.2, -0.15) is 0 Å². The minimum atomic E-state index is -0.468. The van der Waals surface area contributed by atoms with Gasteiger partial charge < -0.3 is 5.32 Å². The first-order chi connectivity index (χ1) is 18.4. The second-order valence-corrected chi connectivity index (χ2v) is 10.7. The Morgan fingerprint density at radius 2 is 1.29 bits per heavy atom. The molecule has 1 heterocycles. The van der Waals surface area contributed by atoms with Gasteiger partial charge in [-0.1, -0.05) is 72.3 Å². The average molecular weight is 519 g/mol. The molecule has 8 rings (SSSR count). The highest BCUT2D eigenvalue weighted by molar-refractivity contribution is 6.31. The second-order valence-electron chi connectivity index (χ2n) is 10.2. The molecule has 3 amide bonds. The van der Waals surface area contributed by atoms with E-state index in [4.69, 9.17) is 11.6 Å². The third-order valence-corrected chi connectivity index (χ3v) is 8.65. The second kappa shape index (κ2) is 8.40. The smallest absolute Gasteiger partial charge is 0.255 e. The molecule has 0 spiro atoms. The highest BCUT2D eigenvalue weighted by atomic mass is 35.5. The van der Waals surface area contributed by atoms with E-state index in [1.807, 2.05) is 37.3 Å². The Kier molecular flexibility index (Phi) is 5.07. The van der Waals surface area contributed by atoms with E-state index < -0.39 is 11.8 Å². The number of hydrogen-bond acceptors (Lipinski definition) is 3. The van der Waals surface area contributed by atoms with E-state index in [1.165, 1.54) is 4.90 Å². The lowest BCUT2D eigenvalue weighted by atomic mass is 9.55. The van der Waals surface area contributed by atoms with Crippen LogP contribution in [0.4, 0.5) is 11.4 Å². The van der Waals surface area contributed by atoms with Gasteiger partial charge in [-0.15, -0.1) is 0 Å². The summed E-state index contributed by atoms with van der Waals surface area (Å²) in [7, 11) is 0. The van der Waals surface area contributed by atoms with Crippen LogP contribution in [0.5, 0.6) is 0 Å². The maximum Gasteiger partial charge on any atom is 0.255 e. The van der Waals surface area contributed by atoms with E-state index in [1.54, 1.807) is 36.4 Å². The molecule has 2 bridgehead atoms. The average Bonchev–Trinajstić information content (AvgIpc) is 3.21. The van der Waals surface area contributed by atoms with Crippen LogP contribution in [0.15, 0.2) is 91.0 Å². The van der Waals surface area contributed by atoms with Crippen LogP contribution < -0.4 is 10.2 Å². The van der Waals surface area contributed by atoms with E-state index in [9.17, 15) is 14.4 Å². The van der Waals surface area contributed by atoms with Crippen molar-refractivity contribution in [2.24, 2.45) is 11.8 Å². The van der Waals surface area contributed by atoms with Crippen LogP contribution in [-0.2, 0) is 9.59 Å². The number of carbonyl (C=O) groups is 3. The molecule has 5 nitrogen and oxygen atoms in total. The number of nitrogens with one attached hydrogen (secondary N) is 1. The van der Waals surface area contributed by atoms with Gasteiger partial charge in [-0.3, -0.25) is 14.4 Å². The molecule has 3 aliphatic carbocycles. The molecule has 4 aromatic carbocycles. The number of amides is 3. The third kappa shape index (κ3) is 3.21. The highest BCUT2D eigenvalue weighted by Crippen LogP contribution is 2.61. The standard InChI is InChI=1S/C32H23ClN2O3/c1-17-13-14-19(16-25(17)33)34-30(36)18-7-6-8-20(15-18)35-31(37)28-26-21-9-2-3-10-22(21)27(29(28)32(35)38)24-12-5-4-11-23(24)26/h2-16,26-29H,1H3,(H,34,36)/t26?,27?,28-,29-/m0/s1. The minimum Gasteiger partial charge on any atom is -0.322 e. The molecule has 4 aromatic rings. The molecule has 1 saturated heterocycles. The summed E-state index contributed by atoms with van der Waals surface area (Å²) in [6.07, 6.45) is 0. The number of anilines is 2. The maximum absolute atomic E-state index is 14.0. The summed E-state index contributed by atoms with van der Waals surface area (Å²) in [5.41, 5.74) is 6.77. The molecule has 0 aromatic heterocycles. The lowest BCUT2D eigenvalue weighted by molar-refractivity contribution is -0.122. The summed E-state index contributed by atoms with van der Waals surface area (Å²) in [5.74, 6) is -2.03.